The molecule has 33 heavy (non-hydrogen) atoms. The van der Waals surface area contributed by atoms with Gasteiger partial charge in [-0.25, -0.2) is 0 Å². The van der Waals surface area contributed by atoms with E-state index in [1.165, 1.54) is 12.8 Å². The second-order valence-electron chi connectivity index (χ2n) is 13.1. The van der Waals surface area contributed by atoms with Crippen molar-refractivity contribution in [1.82, 2.24) is 15.5 Å². The maximum atomic E-state index is 14.0. The number of carbonyl (C=O) groups excluding carboxylic acids is 2. The number of nitrogens with one attached hydrogen (secondary N) is 2. The molecule has 0 aromatic heterocycles. The van der Waals surface area contributed by atoms with Crippen LogP contribution in [0.2, 0.25) is 0 Å². The van der Waals surface area contributed by atoms with Gasteiger partial charge in [0.2, 0.25) is 11.8 Å². The van der Waals surface area contributed by atoms with Crippen molar-refractivity contribution in [3.63, 3.8) is 0 Å². The number of nitrogens with zero attached hydrogens (tertiary/aromatic N) is 1. The lowest BCUT2D eigenvalue weighted by molar-refractivity contribution is -0.145. The van der Waals surface area contributed by atoms with E-state index in [2.05, 4.69) is 45.3 Å². The summed E-state index contributed by atoms with van der Waals surface area (Å²) in [5, 5.41) is 7.16. The zero-order chi connectivity index (χ0) is 24.2. The Morgan fingerprint density at radius 1 is 1.09 bits per heavy atom. The summed E-state index contributed by atoms with van der Waals surface area (Å²) in [5.41, 5.74) is 0.257. The second kappa shape index (κ2) is 8.80. The zero-order valence-electron chi connectivity index (χ0n) is 21.6. The second-order valence-corrected chi connectivity index (χ2v) is 13.5. The summed E-state index contributed by atoms with van der Waals surface area (Å²) < 4.78 is 0. The number of amides is 2. The third-order valence-electron chi connectivity index (χ3n) is 9.86. The molecule has 0 radical (unpaired) electrons. The molecule has 0 spiro atoms. The first kappa shape index (κ1) is 24.9. The summed E-state index contributed by atoms with van der Waals surface area (Å²) in [6.07, 6.45) is 8.40. The Morgan fingerprint density at radius 3 is 2.45 bits per heavy atom. The van der Waals surface area contributed by atoms with Gasteiger partial charge in [0, 0.05) is 31.5 Å². The Labute approximate surface area is 206 Å². The fraction of sp³-hybridized carbons (Fsp3) is 0.889. The summed E-state index contributed by atoms with van der Waals surface area (Å²) in [6, 6.07) is 0.336. The number of piperidine rings is 1. The molecule has 4 fully saturated rings. The summed E-state index contributed by atoms with van der Waals surface area (Å²) in [7, 11) is 0. The van der Waals surface area contributed by atoms with Crippen LogP contribution >= 0.6 is 12.2 Å². The highest BCUT2D eigenvalue weighted by molar-refractivity contribution is 7.80. The van der Waals surface area contributed by atoms with Crippen LogP contribution in [0, 0.1) is 39.9 Å². The molecule has 2 amide bonds. The standard InChI is InChI=1S/C27H45N3O2S/c1-7-28-24(33)30(16-25(2,3)4)23(32)20-10-9-18-17-8-11-21-27(6,15-13-22(31)29-21)19(17)12-14-26(18,20)5/h17-21H,7-16H2,1-6H3,(H,28,33)(H,29,31)/t17-,18-,19+,20?,21?,26-,27+/m0/s1. The minimum Gasteiger partial charge on any atom is -0.362 e. The third-order valence-corrected chi connectivity index (χ3v) is 10.2. The Hall–Kier alpha value is -1.17. The van der Waals surface area contributed by atoms with E-state index in [9.17, 15) is 9.59 Å². The van der Waals surface area contributed by atoms with Crippen molar-refractivity contribution in [3.05, 3.63) is 0 Å². The fourth-order valence-corrected chi connectivity index (χ4v) is 8.57. The van der Waals surface area contributed by atoms with Gasteiger partial charge < -0.3 is 10.6 Å². The molecule has 0 bridgehead atoms. The molecule has 3 aliphatic carbocycles. The summed E-state index contributed by atoms with van der Waals surface area (Å²) in [6.45, 7) is 14.8. The fourth-order valence-electron chi connectivity index (χ4n) is 8.27. The predicted molar refractivity (Wildman–Crippen MR) is 136 cm³/mol. The van der Waals surface area contributed by atoms with Crippen molar-refractivity contribution in [2.75, 3.05) is 13.1 Å². The van der Waals surface area contributed by atoms with Gasteiger partial charge in [-0.3, -0.25) is 14.5 Å². The van der Waals surface area contributed by atoms with E-state index in [0.29, 0.717) is 41.9 Å². The first-order chi connectivity index (χ1) is 15.4. The van der Waals surface area contributed by atoms with Gasteiger partial charge in [-0.05, 0) is 98.1 Å². The highest BCUT2D eigenvalue weighted by Gasteiger charge is 2.61. The Bertz CT molecular complexity index is 808. The average molecular weight is 476 g/mol. The molecule has 2 N–H and O–H groups in total. The zero-order valence-corrected chi connectivity index (χ0v) is 22.4. The molecule has 186 valence electrons. The van der Waals surface area contributed by atoms with E-state index in [4.69, 9.17) is 12.2 Å². The number of rotatable bonds is 3. The van der Waals surface area contributed by atoms with Crippen molar-refractivity contribution >= 4 is 29.1 Å². The number of fused-ring (bicyclic) bond motifs is 5. The molecule has 6 heteroatoms. The minimum absolute atomic E-state index is 0.00982. The first-order valence-electron chi connectivity index (χ1n) is 13.3. The SMILES string of the molecule is CCNC(=S)N(CC(C)(C)C)C(=O)C1CC[C@H]2[C@@H]3CCC4NC(=O)CC[C@]4(C)[C@@H]3CC[C@]12C. The van der Waals surface area contributed by atoms with Crippen molar-refractivity contribution in [1.29, 1.82) is 0 Å². The van der Waals surface area contributed by atoms with Crippen molar-refractivity contribution in [2.45, 2.75) is 99.0 Å². The van der Waals surface area contributed by atoms with Crippen LogP contribution < -0.4 is 10.6 Å². The van der Waals surface area contributed by atoms with Gasteiger partial charge in [-0.15, -0.1) is 0 Å². The van der Waals surface area contributed by atoms with Crippen molar-refractivity contribution in [2.24, 2.45) is 39.9 Å². The van der Waals surface area contributed by atoms with E-state index in [-0.39, 0.29) is 34.0 Å². The van der Waals surface area contributed by atoms with Crippen LogP contribution in [0.15, 0.2) is 0 Å². The van der Waals surface area contributed by atoms with E-state index in [0.717, 1.165) is 38.6 Å². The molecule has 4 rings (SSSR count). The molecule has 7 atom stereocenters. The van der Waals surface area contributed by atoms with Gasteiger partial charge in [0.05, 0.1) is 0 Å². The van der Waals surface area contributed by atoms with Gasteiger partial charge in [0.1, 0.15) is 0 Å². The number of hydrogen-bond acceptors (Lipinski definition) is 3. The lowest BCUT2D eigenvalue weighted by Crippen LogP contribution is -2.61. The molecule has 2 unspecified atom stereocenters. The Balaban J connectivity index is 1.56. The number of hydrogen-bond donors (Lipinski definition) is 2. The van der Waals surface area contributed by atoms with Crippen LogP contribution in [0.4, 0.5) is 0 Å². The van der Waals surface area contributed by atoms with E-state index < -0.39 is 0 Å². The first-order valence-corrected chi connectivity index (χ1v) is 13.7. The molecule has 1 heterocycles. The van der Waals surface area contributed by atoms with Crippen molar-refractivity contribution < 1.29 is 9.59 Å². The summed E-state index contributed by atoms with van der Waals surface area (Å²) >= 11 is 5.68. The maximum absolute atomic E-state index is 14.0. The Morgan fingerprint density at radius 2 is 1.79 bits per heavy atom. The molecule has 0 aromatic rings. The lowest BCUT2D eigenvalue weighted by atomic mass is 9.47. The normalized spacial score (nSPS) is 40.2. The Kier molecular flexibility index (Phi) is 6.65. The number of thiocarbonyl (C=S) groups is 1. The molecule has 5 nitrogen and oxygen atoms in total. The predicted octanol–water partition coefficient (Wildman–Crippen LogP) is 4.89. The molecule has 1 saturated heterocycles. The highest BCUT2D eigenvalue weighted by atomic mass is 32.1. The topological polar surface area (TPSA) is 61.4 Å². The van der Waals surface area contributed by atoms with Crippen molar-refractivity contribution in [3.8, 4) is 0 Å². The van der Waals surface area contributed by atoms with E-state index in [1.807, 2.05) is 11.8 Å². The average Bonchev–Trinajstić information content (AvgIpc) is 3.09. The quantitative estimate of drug-likeness (QED) is 0.571. The van der Waals surface area contributed by atoms with Gasteiger partial charge in [-0.2, -0.15) is 0 Å². The van der Waals surface area contributed by atoms with Gasteiger partial charge >= 0.3 is 0 Å². The molecule has 0 aromatic carbocycles. The van der Waals surface area contributed by atoms with E-state index >= 15 is 0 Å². The minimum atomic E-state index is -0.00982. The van der Waals surface area contributed by atoms with Gasteiger partial charge in [-0.1, -0.05) is 34.6 Å². The third kappa shape index (κ3) is 4.34. The van der Waals surface area contributed by atoms with Crippen LogP contribution in [-0.4, -0.2) is 41.0 Å². The molecule has 4 aliphatic rings. The number of carbonyl (C=O) groups is 2. The van der Waals surface area contributed by atoms with Crippen LogP contribution in [-0.2, 0) is 9.59 Å². The van der Waals surface area contributed by atoms with Gasteiger partial charge in [0.15, 0.2) is 5.11 Å². The van der Waals surface area contributed by atoms with Crippen LogP contribution in [0.25, 0.3) is 0 Å². The van der Waals surface area contributed by atoms with Crippen LogP contribution in [0.5, 0.6) is 0 Å². The maximum Gasteiger partial charge on any atom is 0.232 e. The lowest BCUT2D eigenvalue weighted by Gasteiger charge is -2.60. The highest BCUT2D eigenvalue weighted by Crippen LogP contribution is 2.65. The molecular formula is C27H45N3O2S. The largest absolute Gasteiger partial charge is 0.362 e. The molecular weight excluding hydrogens is 430 g/mol. The smallest absolute Gasteiger partial charge is 0.232 e. The van der Waals surface area contributed by atoms with E-state index in [1.54, 1.807) is 0 Å². The summed E-state index contributed by atoms with van der Waals surface area (Å²) in [5.74, 6) is 2.47. The van der Waals surface area contributed by atoms with Crippen LogP contribution in [0.3, 0.4) is 0 Å². The van der Waals surface area contributed by atoms with Crippen LogP contribution in [0.1, 0.15) is 92.9 Å². The summed E-state index contributed by atoms with van der Waals surface area (Å²) in [4.78, 5) is 28.0. The molecule has 3 saturated carbocycles. The molecule has 1 aliphatic heterocycles. The monoisotopic (exact) mass is 475 g/mol. The van der Waals surface area contributed by atoms with Gasteiger partial charge in [0.25, 0.3) is 0 Å².